The number of benzene rings is 2. The first kappa shape index (κ1) is 29.6. The van der Waals surface area contributed by atoms with Crippen molar-refractivity contribution in [3.05, 3.63) is 80.9 Å². The van der Waals surface area contributed by atoms with E-state index < -0.39 is 17.2 Å². The number of nitrogens with zero attached hydrogens (tertiary/aromatic N) is 6. The number of hydrogen-bond donors (Lipinski definition) is 1. The van der Waals surface area contributed by atoms with E-state index in [2.05, 4.69) is 37.4 Å². The first-order valence-corrected chi connectivity index (χ1v) is 13.4. The first-order chi connectivity index (χ1) is 19.9. The molecule has 0 aliphatic carbocycles. The molecule has 2 heterocycles. The number of halogens is 1. The summed E-state index contributed by atoms with van der Waals surface area (Å²) < 4.78 is 12.5. The van der Waals surface area contributed by atoms with Gasteiger partial charge in [0, 0.05) is 18.5 Å². The highest BCUT2D eigenvalue weighted by Gasteiger charge is 2.19. The minimum Gasteiger partial charge on any atom is -0.457 e. The number of carbonyl (C=O) groups excluding carboxylic acids is 1. The fourth-order valence-corrected chi connectivity index (χ4v) is 4.46. The summed E-state index contributed by atoms with van der Waals surface area (Å²) in [7, 11) is 0. The molecule has 4 rings (SSSR count). The van der Waals surface area contributed by atoms with Crippen LogP contribution in [0.2, 0.25) is 5.15 Å². The SMILES string of the molecule is CCCCc1nc(Cl)c(COC(=O)COCC(C)O[N+](=O)[O-])n1Cc1ccc(-c2ccccc2-c2nn[nH]n2)cc1. The molecule has 0 fully saturated rings. The van der Waals surface area contributed by atoms with Gasteiger partial charge in [0.05, 0.1) is 12.3 Å². The number of rotatable bonds is 15. The second kappa shape index (κ2) is 14.3. The predicted octanol–water partition coefficient (Wildman–Crippen LogP) is 4.43. The average molecular weight is 584 g/mol. The maximum absolute atomic E-state index is 12.3. The normalized spacial score (nSPS) is 11.8. The van der Waals surface area contributed by atoms with Gasteiger partial charge in [0.2, 0.25) is 5.82 Å². The number of tetrazole rings is 1. The fourth-order valence-electron chi connectivity index (χ4n) is 4.21. The van der Waals surface area contributed by atoms with Crippen molar-refractivity contribution in [1.29, 1.82) is 0 Å². The lowest BCUT2D eigenvalue weighted by Gasteiger charge is -2.14. The number of imidazole rings is 1. The Morgan fingerprint density at radius 3 is 2.61 bits per heavy atom. The van der Waals surface area contributed by atoms with Crippen LogP contribution in [0.25, 0.3) is 22.5 Å². The molecule has 13 nitrogen and oxygen atoms in total. The monoisotopic (exact) mass is 583 g/mol. The van der Waals surface area contributed by atoms with Crippen molar-refractivity contribution < 1.29 is 24.2 Å². The van der Waals surface area contributed by atoms with Crippen molar-refractivity contribution in [2.45, 2.75) is 52.4 Å². The summed E-state index contributed by atoms with van der Waals surface area (Å²) in [5, 5.41) is 24.1. The summed E-state index contributed by atoms with van der Waals surface area (Å²) in [5.74, 6) is 0.681. The van der Waals surface area contributed by atoms with Gasteiger partial charge in [0.25, 0.3) is 5.09 Å². The van der Waals surface area contributed by atoms with Crippen molar-refractivity contribution in [3.63, 3.8) is 0 Å². The first-order valence-electron chi connectivity index (χ1n) is 13.1. The quantitative estimate of drug-likeness (QED) is 0.120. The van der Waals surface area contributed by atoms with Gasteiger partial charge in [-0.1, -0.05) is 73.5 Å². The number of unbranched alkanes of at least 4 members (excludes halogenated alkanes) is 1. The van der Waals surface area contributed by atoms with Crippen LogP contribution < -0.4 is 0 Å². The molecule has 0 aliphatic rings. The van der Waals surface area contributed by atoms with E-state index in [0.717, 1.165) is 47.3 Å². The van der Waals surface area contributed by atoms with Crippen LogP contribution in [0.5, 0.6) is 0 Å². The third-order valence-electron chi connectivity index (χ3n) is 6.18. The van der Waals surface area contributed by atoms with Crippen LogP contribution in [0.3, 0.4) is 0 Å². The fraction of sp³-hybridized carbons (Fsp3) is 0.370. The molecule has 0 spiro atoms. The van der Waals surface area contributed by atoms with Crippen molar-refractivity contribution in [2.75, 3.05) is 13.2 Å². The molecule has 4 aromatic rings. The van der Waals surface area contributed by atoms with Crippen LogP contribution in [0, 0.1) is 10.1 Å². The number of hydrogen-bond acceptors (Lipinski definition) is 10. The van der Waals surface area contributed by atoms with E-state index in [4.69, 9.17) is 21.1 Å². The van der Waals surface area contributed by atoms with Gasteiger partial charge in [0.15, 0.2) is 5.15 Å². The van der Waals surface area contributed by atoms with E-state index in [1.165, 1.54) is 6.92 Å². The molecule has 0 aliphatic heterocycles. The zero-order valence-corrected chi connectivity index (χ0v) is 23.4. The highest BCUT2D eigenvalue weighted by molar-refractivity contribution is 6.30. The molecular weight excluding hydrogens is 554 g/mol. The lowest BCUT2D eigenvalue weighted by molar-refractivity contribution is -0.768. The smallest absolute Gasteiger partial charge is 0.332 e. The second-order valence-electron chi connectivity index (χ2n) is 9.25. The summed E-state index contributed by atoms with van der Waals surface area (Å²) >= 11 is 6.49. The molecule has 14 heteroatoms. The lowest BCUT2D eigenvalue weighted by atomic mass is 9.98. The Kier molecular flexibility index (Phi) is 10.3. The van der Waals surface area contributed by atoms with Gasteiger partial charge in [-0.15, -0.1) is 20.3 Å². The van der Waals surface area contributed by atoms with E-state index in [-0.39, 0.29) is 25.0 Å². The number of aromatic nitrogens is 6. The Hall–Kier alpha value is -4.36. The largest absolute Gasteiger partial charge is 0.457 e. The number of carbonyl (C=O) groups is 1. The van der Waals surface area contributed by atoms with Crippen LogP contribution in [0.15, 0.2) is 48.5 Å². The number of H-pyrrole nitrogens is 1. The maximum atomic E-state index is 12.3. The highest BCUT2D eigenvalue weighted by atomic mass is 35.5. The molecule has 0 amide bonds. The molecule has 1 atom stereocenters. The molecule has 0 saturated heterocycles. The van der Waals surface area contributed by atoms with Crippen LogP contribution in [-0.4, -0.2) is 60.5 Å². The van der Waals surface area contributed by atoms with Gasteiger partial charge >= 0.3 is 5.97 Å². The minimum absolute atomic E-state index is 0.0999. The van der Waals surface area contributed by atoms with Crippen LogP contribution in [0.4, 0.5) is 0 Å². The number of aromatic amines is 1. The summed E-state index contributed by atoms with van der Waals surface area (Å²) in [5.41, 5.74) is 4.42. The molecular formula is C27H30ClN7O6. The van der Waals surface area contributed by atoms with Gasteiger partial charge in [-0.25, -0.2) is 9.78 Å². The zero-order valence-electron chi connectivity index (χ0n) is 22.7. The van der Waals surface area contributed by atoms with Crippen LogP contribution in [0.1, 0.15) is 43.8 Å². The molecule has 2 aromatic carbocycles. The molecule has 1 unspecified atom stereocenters. The molecule has 2 aromatic heterocycles. The summed E-state index contributed by atoms with van der Waals surface area (Å²) in [6, 6.07) is 15.9. The number of esters is 1. The Balaban J connectivity index is 1.46. The maximum Gasteiger partial charge on any atom is 0.332 e. The molecule has 216 valence electrons. The molecule has 1 N–H and O–H groups in total. The molecule has 0 radical (unpaired) electrons. The van der Waals surface area contributed by atoms with Crippen molar-refractivity contribution in [2.24, 2.45) is 0 Å². The topological polar surface area (TPSA) is 160 Å². The van der Waals surface area contributed by atoms with Gasteiger partial charge in [-0.2, -0.15) is 5.21 Å². The number of aryl methyl sites for hydroxylation is 1. The summed E-state index contributed by atoms with van der Waals surface area (Å²) in [4.78, 5) is 31.5. The Labute approximate surface area is 240 Å². The zero-order chi connectivity index (χ0) is 29.2. The Bertz CT molecular complexity index is 1440. The summed E-state index contributed by atoms with van der Waals surface area (Å²) in [6.45, 7) is 3.42. The van der Waals surface area contributed by atoms with Gasteiger partial charge in [0.1, 0.15) is 25.1 Å². The second-order valence-corrected chi connectivity index (χ2v) is 9.61. The van der Waals surface area contributed by atoms with E-state index in [1.54, 1.807) is 0 Å². The van der Waals surface area contributed by atoms with Gasteiger partial charge < -0.3 is 18.9 Å². The number of ether oxygens (including phenoxy) is 2. The van der Waals surface area contributed by atoms with Crippen molar-refractivity contribution in [3.8, 4) is 22.5 Å². The Morgan fingerprint density at radius 2 is 1.93 bits per heavy atom. The highest BCUT2D eigenvalue weighted by Crippen LogP contribution is 2.30. The van der Waals surface area contributed by atoms with Crippen LogP contribution >= 0.6 is 11.6 Å². The van der Waals surface area contributed by atoms with Crippen LogP contribution in [-0.2, 0) is 38.7 Å². The van der Waals surface area contributed by atoms with Gasteiger partial charge in [-0.3, -0.25) is 0 Å². The van der Waals surface area contributed by atoms with E-state index in [9.17, 15) is 14.9 Å². The van der Waals surface area contributed by atoms with E-state index >= 15 is 0 Å². The van der Waals surface area contributed by atoms with E-state index in [1.807, 2.05) is 53.1 Å². The standard InChI is InChI=1S/C27H30ClN7O6/c1-3-4-9-24-29-26(28)23(16-40-25(36)17-39-15-18(2)41-35(37)38)34(24)14-19-10-12-20(13-11-19)21-7-5-6-8-22(21)27-30-32-33-31-27/h5-8,10-13,18H,3-4,9,14-17H2,1-2H3,(H,30,31,32,33). The molecule has 0 bridgehead atoms. The number of nitrogens with one attached hydrogen (secondary N) is 1. The molecule has 0 saturated carbocycles. The third kappa shape index (κ3) is 8.08. The van der Waals surface area contributed by atoms with Gasteiger partial charge in [-0.05, 0) is 35.2 Å². The minimum atomic E-state index is -0.908. The van der Waals surface area contributed by atoms with Crippen molar-refractivity contribution in [1.82, 2.24) is 30.2 Å². The van der Waals surface area contributed by atoms with Crippen molar-refractivity contribution >= 4 is 17.6 Å². The molecule has 41 heavy (non-hydrogen) atoms. The predicted molar refractivity (Wildman–Crippen MR) is 148 cm³/mol. The lowest BCUT2D eigenvalue weighted by Crippen LogP contribution is -2.22. The Morgan fingerprint density at radius 1 is 1.17 bits per heavy atom. The average Bonchev–Trinajstić information content (AvgIpc) is 3.59. The third-order valence-corrected chi connectivity index (χ3v) is 6.49. The van der Waals surface area contributed by atoms with E-state index in [0.29, 0.717) is 18.1 Å². The summed E-state index contributed by atoms with van der Waals surface area (Å²) in [6.07, 6.45) is 1.82.